The van der Waals surface area contributed by atoms with Crippen molar-refractivity contribution in [3.8, 4) is 0 Å². The normalized spacial score (nSPS) is 17.0. The van der Waals surface area contributed by atoms with Gasteiger partial charge in [-0.3, -0.25) is 9.59 Å². The molecule has 3 rings (SSSR count). The van der Waals surface area contributed by atoms with E-state index in [1.807, 2.05) is 31.2 Å². The fourth-order valence-electron chi connectivity index (χ4n) is 3.97. The van der Waals surface area contributed by atoms with Crippen molar-refractivity contribution in [2.24, 2.45) is 0 Å². The van der Waals surface area contributed by atoms with Gasteiger partial charge in [0.15, 0.2) is 11.9 Å². The van der Waals surface area contributed by atoms with Gasteiger partial charge in [0.2, 0.25) is 0 Å². The van der Waals surface area contributed by atoms with E-state index in [1.165, 1.54) is 6.92 Å². The molecule has 2 atom stereocenters. The van der Waals surface area contributed by atoms with Crippen LogP contribution in [0, 0.1) is 13.8 Å². The van der Waals surface area contributed by atoms with Gasteiger partial charge < -0.3 is 14.6 Å². The zero-order chi connectivity index (χ0) is 20.6. The van der Waals surface area contributed by atoms with Gasteiger partial charge in [0.25, 0.3) is 5.91 Å². The lowest BCUT2D eigenvalue weighted by molar-refractivity contribution is -0.127. The van der Waals surface area contributed by atoms with Crippen molar-refractivity contribution in [1.82, 2.24) is 4.98 Å². The SMILES string of the molecule is CC(=O)c1c(C)[nH]c(C(=O)O[C@@H](C)C(=O)N2c3ccccc3CC[C@H]2C)c1C. The molecule has 6 nitrogen and oxygen atoms in total. The minimum absolute atomic E-state index is 0.0299. The molecular formula is C22H26N2O4. The van der Waals surface area contributed by atoms with Crippen molar-refractivity contribution in [1.29, 1.82) is 0 Å². The van der Waals surface area contributed by atoms with Gasteiger partial charge in [0.05, 0.1) is 0 Å². The molecule has 2 aromatic rings. The molecule has 0 bridgehead atoms. The predicted molar refractivity (Wildman–Crippen MR) is 107 cm³/mol. The number of rotatable bonds is 4. The van der Waals surface area contributed by atoms with Crippen LogP contribution in [0.25, 0.3) is 0 Å². The molecule has 0 saturated heterocycles. The molecular weight excluding hydrogens is 356 g/mol. The van der Waals surface area contributed by atoms with Crippen molar-refractivity contribution < 1.29 is 19.1 Å². The summed E-state index contributed by atoms with van der Waals surface area (Å²) in [5, 5.41) is 0. The highest BCUT2D eigenvalue weighted by molar-refractivity contribution is 6.03. The third-order valence-corrected chi connectivity index (χ3v) is 5.39. The Morgan fingerprint density at radius 1 is 1.21 bits per heavy atom. The van der Waals surface area contributed by atoms with Gasteiger partial charge in [0.1, 0.15) is 5.69 Å². The summed E-state index contributed by atoms with van der Waals surface area (Å²) in [5.41, 5.74) is 3.87. The van der Waals surface area contributed by atoms with Crippen molar-refractivity contribution in [2.45, 2.75) is 59.6 Å². The molecule has 1 aromatic carbocycles. The van der Waals surface area contributed by atoms with Gasteiger partial charge in [-0.2, -0.15) is 0 Å². The zero-order valence-electron chi connectivity index (χ0n) is 17.0. The molecule has 1 aromatic heterocycles. The number of esters is 1. The fourth-order valence-corrected chi connectivity index (χ4v) is 3.97. The highest BCUT2D eigenvalue weighted by atomic mass is 16.5. The quantitative estimate of drug-likeness (QED) is 0.645. The van der Waals surface area contributed by atoms with E-state index in [0.717, 1.165) is 24.1 Å². The van der Waals surface area contributed by atoms with Crippen molar-refractivity contribution >= 4 is 23.3 Å². The number of fused-ring (bicyclic) bond motifs is 1. The second-order valence-electron chi connectivity index (χ2n) is 7.45. The number of nitrogens with one attached hydrogen (secondary N) is 1. The summed E-state index contributed by atoms with van der Waals surface area (Å²) in [7, 11) is 0. The first-order valence-corrected chi connectivity index (χ1v) is 9.54. The van der Waals surface area contributed by atoms with Crippen molar-refractivity contribution in [3.05, 3.63) is 52.3 Å². The first-order valence-electron chi connectivity index (χ1n) is 9.54. The fraction of sp³-hybridized carbons (Fsp3) is 0.409. The molecule has 1 N–H and O–H groups in total. The number of aromatic amines is 1. The van der Waals surface area contributed by atoms with Crippen LogP contribution >= 0.6 is 0 Å². The summed E-state index contributed by atoms with van der Waals surface area (Å²) >= 11 is 0. The van der Waals surface area contributed by atoms with E-state index >= 15 is 0 Å². The molecule has 0 unspecified atom stereocenters. The number of nitrogens with zero attached hydrogens (tertiary/aromatic N) is 1. The zero-order valence-corrected chi connectivity index (χ0v) is 17.0. The van der Waals surface area contributed by atoms with E-state index in [0.29, 0.717) is 16.8 Å². The van der Waals surface area contributed by atoms with Crippen molar-refractivity contribution in [2.75, 3.05) is 4.90 Å². The number of aromatic nitrogens is 1. The molecule has 2 heterocycles. The maximum atomic E-state index is 13.1. The molecule has 0 radical (unpaired) electrons. The van der Waals surface area contributed by atoms with Crippen LogP contribution in [-0.2, 0) is 16.0 Å². The average molecular weight is 382 g/mol. The molecule has 0 fully saturated rings. The van der Waals surface area contributed by atoms with E-state index in [1.54, 1.807) is 25.7 Å². The Balaban J connectivity index is 1.81. The topological polar surface area (TPSA) is 79.5 Å². The van der Waals surface area contributed by atoms with Gasteiger partial charge in [-0.05, 0) is 64.7 Å². The number of carbonyl (C=O) groups excluding carboxylic acids is 3. The number of hydrogen-bond donors (Lipinski definition) is 1. The van der Waals surface area contributed by atoms with Crippen LogP contribution in [0.3, 0.4) is 0 Å². The van der Waals surface area contributed by atoms with E-state index in [2.05, 4.69) is 4.98 Å². The number of ether oxygens (including phenoxy) is 1. The Morgan fingerprint density at radius 3 is 2.54 bits per heavy atom. The second kappa shape index (κ2) is 7.62. The van der Waals surface area contributed by atoms with Gasteiger partial charge in [-0.1, -0.05) is 18.2 Å². The lowest BCUT2D eigenvalue weighted by atomic mass is 9.96. The Bertz CT molecular complexity index is 944. The first kappa shape index (κ1) is 19.9. The smallest absolute Gasteiger partial charge is 0.355 e. The third-order valence-electron chi connectivity index (χ3n) is 5.39. The molecule has 1 aliphatic rings. The summed E-state index contributed by atoms with van der Waals surface area (Å²) in [5.74, 6) is -0.999. The summed E-state index contributed by atoms with van der Waals surface area (Å²) in [6.45, 7) is 8.48. The highest BCUT2D eigenvalue weighted by Crippen LogP contribution is 2.31. The molecule has 0 spiro atoms. The maximum Gasteiger partial charge on any atom is 0.355 e. The Hall–Kier alpha value is -2.89. The number of anilines is 1. The van der Waals surface area contributed by atoms with Crippen molar-refractivity contribution in [3.63, 3.8) is 0 Å². The lowest BCUT2D eigenvalue weighted by Gasteiger charge is -2.36. The minimum Gasteiger partial charge on any atom is -0.448 e. The van der Waals surface area contributed by atoms with E-state index < -0.39 is 12.1 Å². The summed E-state index contributed by atoms with van der Waals surface area (Å²) in [6.07, 6.45) is 0.842. The number of hydrogen-bond acceptors (Lipinski definition) is 4. The average Bonchev–Trinajstić information content (AvgIpc) is 2.95. The molecule has 1 amide bonds. The molecule has 6 heteroatoms. The summed E-state index contributed by atoms with van der Waals surface area (Å²) in [6, 6.07) is 7.84. The first-order chi connectivity index (χ1) is 13.2. The largest absolute Gasteiger partial charge is 0.448 e. The highest BCUT2D eigenvalue weighted by Gasteiger charge is 2.33. The number of Topliss-reactive ketones (excluding diaryl/α,β-unsaturated/α-hetero) is 1. The van der Waals surface area contributed by atoms with Gasteiger partial charge in [-0.15, -0.1) is 0 Å². The molecule has 28 heavy (non-hydrogen) atoms. The second-order valence-corrected chi connectivity index (χ2v) is 7.45. The number of carbonyl (C=O) groups is 3. The molecule has 0 aliphatic carbocycles. The summed E-state index contributed by atoms with van der Waals surface area (Å²) < 4.78 is 5.47. The van der Waals surface area contributed by atoms with Gasteiger partial charge in [0, 0.05) is 23.0 Å². The third kappa shape index (κ3) is 3.46. The number of H-pyrrole nitrogens is 1. The number of para-hydroxylation sites is 1. The standard InChI is InChI=1S/C22H26N2O4/c1-12-10-11-17-8-6-7-9-18(17)24(12)21(26)16(5)28-22(27)20-13(2)19(15(4)25)14(3)23-20/h6-9,12,16,23H,10-11H2,1-5H3/t12-,16+/m1/s1. The van der Waals surface area contributed by atoms with Crippen LogP contribution in [0.15, 0.2) is 24.3 Å². The van der Waals surface area contributed by atoms with E-state index in [4.69, 9.17) is 4.74 Å². The van der Waals surface area contributed by atoms with Gasteiger partial charge in [-0.25, -0.2) is 4.79 Å². The minimum atomic E-state index is -0.940. The van der Waals surface area contributed by atoms with Gasteiger partial charge >= 0.3 is 5.97 Å². The lowest BCUT2D eigenvalue weighted by Crippen LogP contribution is -2.47. The number of amides is 1. The number of ketones is 1. The number of benzene rings is 1. The number of aryl methyl sites for hydroxylation is 2. The maximum absolute atomic E-state index is 13.1. The molecule has 148 valence electrons. The Kier molecular flexibility index (Phi) is 5.40. The molecule has 1 aliphatic heterocycles. The monoisotopic (exact) mass is 382 g/mol. The Labute approximate surface area is 164 Å². The van der Waals surface area contributed by atoms with Crippen LogP contribution in [-0.4, -0.2) is 34.8 Å². The summed E-state index contributed by atoms with van der Waals surface area (Å²) in [4.78, 5) is 42.2. The van der Waals surface area contributed by atoms with E-state index in [9.17, 15) is 14.4 Å². The van der Waals surface area contributed by atoms with Crippen LogP contribution in [0.1, 0.15) is 64.9 Å². The van der Waals surface area contributed by atoms with E-state index in [-0.39, 0.29) is 23.4 Å². The van der Waals surface area contributed by atoms with Crippen LogP contribution in [0.2, 0.25) is 0 Å². The van der Waals surface area contributed by atoms with Crippen LogP contribution < -0.4 is 4.90 Å². The Morgan fingerprint density at radius 2 is 1.89 bits per heavy atom. The van der Waals surface area contributed by atoms with Crippen LogP contribution in [0.4, 0.5) is 5.69 Å². The van der Waals surface area contributed by atoms with Crippen LogP contribution in [0.5, 0.6) is 0 Å². The molecule has 0 saturated carbocycles. The predicted octanol–water partition coefficient (Wildman–Crippen LogP) is 3.75.